The van der Waals surface area contributed by atoms with Gasteiger partial charge in [0.25, 0.3) is 11.8 Å². The minimum absolute atomic E-state index is 0.0887. The second-order valence-electron chi connectivity index (χ2n) is 9.41. The van der Waals surface area contributed by atoms with Gasteiger partial charge in [0.1, 0.15) is 5.70 Å². The van der Waals surface area contributed by atoms with E-state index in [1.54, 1.807) is 66.7 Å². The van der Waals surface area contributed by atoms with Crippen molar-refractivity contribution in [3.63, 3.8) is 0 Å². The van der Waals surface area contributed by atoms with Crippen molar-refractivity contribution < 1.29 is 14.4 Å². The Morgan fingerprint density at radius 3 is 2.31 bits per heavy atom. The summed E-state index contributed by atoms with van der Waals surface area (Å²) < 4.78 is 0.895. The van der Waals surface area contributed by atoms with Crippen molar-refractivity contribution in [1.29, 1.82) is 0 Å². The van der Waals surface area contributed by atoms with Crippen molar-refractivity contribution in [2.24, 2.45) is 0 Å². The Morgan fingerprint density at radius 2 is 1.60 bits per heavy atom. The molecular formula is C33H23BrCl2N4O3S2. The van der Waals surface area contributed by atoms with Gasteiger partial charge in [-0.25, -0.2) is 4.98 Å². The van der Waals surface area contributed by atoms with Crippen LogP contribution in [0.4, 0.5) is 10.8 Å². The van der Waals surface area contributed by atoms with Gasteiger partial charge < -0.3 is 16.0 Å². The number of thiazole rings is 1. The number of halogens is 3. The minimum atomic E-state index is -0.481. The van der Waals surface area contributed by atoms with Gasteiger partial charge in [0.2, 0.25) is 5.91 Å². The van der Waals surface area contributed by atoms with Gasteiger partial charge in [-0.1, -0.05) is 75.5 Å². The van der Waals surface area contributed by atoms with Crippen molar-refractivity contribution in [3.05, 3.63) is 134 Å². The molecule has 12 heteroatoms. The van der Waals surface area contributed by atoms with Crippen LogP contribution in [0.1, 0.15) is 15.9 Å². The lowest BCUT2D eigenvalue weighted by Crippen LogP contribution is -2.30. The molecule has 5 rings (SSSR count). The monoisotopic (exact) mass is 736 g/mol. The molecule has 3 amide bonds. The zero-order chi connectivity index (χ0) is 31.8. The second kappa shape index (κ2) is 15.4. The summed E-state index contributed by atoms with van der Waals surface area (Å²) >= 11 is 18.2. The Balaban J connectivity index is 1.18. The predicted molar refractivity (Wildman–Crippen MR) is 188 cm³/mol. The lowest BCUT2D eigenvalue weighted by molar-refractivity contribution is -0.114. The van der Waals surface area contributed by atoms with E-state index in [0.29, 0.717) is 32.1 Å². The molecule has 1 aromatic heterocycles. The van der Waals surface area contributed by atoms with E-state index >= 15 is 0 Å². The van der Waals surface area contributed by atoms with Gasteiger partial charge in [-0.15, -0.1) is 23.1 Å². The van der Waals surface area contributed by atoms with E-state index in [4.69, 9.17) is 23.2 Å². The number of hydrogen-bond acceptors (Lipinski definition) is 6. The molecule has 0 radical (unpaired) electrons. The first kappa shape index (κ1) is 32.5. The molecule has 0 unspecified atom stereocenters. The molecule has 0 saturated heterocycles. The topological polar surface area (TPSA) is 100 Å². The Morgan fingerprint density at radius 1 is 0.867 bits per heavy atom. The fourth-order valence-corrected chi connectivity index (χ4v) is 5.92. The number of amides is 3. The lowest BCUT2D eigenvalue weighted by Gasteiger charge is -2.12. The molecule has 7 nitrogen and oxygen atoms in total. The molecule has 5 aromatic rings. The van der Waals surface area contributed by atoms with Crippen LogP contribution >= 0.6 is 62.2 Å². The highest BCUT2D eigenvalue weighted by Crippen LogP contribution is 2.31. The summed E-state index contributed by atoms with van der Waals surface area (Å²) in [6.45, 7) is 0. The fraction of sp³-hybridized carbons (Fsp3) is 0.0303. The summed E-state index contributed by atoms with van der Waals surface area (Å²) in [6, 6.07) is 28.4. The number of aromatic nitrogens is 1. The third-order valence-corrected chi connectivity index (χ3v) is 9.20. The SMILES string of the molecule is O=C(CSc1ccc(NC(=O)/C(=C/c2ccc(Br)cc2)NC(=O)c2ccccc2)cc1)Nc1nc(-c2ccc(Cl)c(Cl)c2)cs1. The number of rotatable bonds is 10. The molecule has 0 aliphatic carbocycles. The third kappa shape index (κ3) is 9.29. The maximum absolute atomic E-state index is 13.3. The fourth-order valence-electron chi connectivity index (χ4n) is 3.92. The van der Waals surface area contributed by atoms with Crippen LogP contribution in [0.5, 0.6) is 0 Å². The van der Waals surface area contributed by atoms with Crippen LogP contribution in [0.2, 0.25) is 10.0 Å². The average molecular weight is 739 g/mol. The Bertz CT molecular complexity index is 1870. The van der Waals surface area contributed by atoms with E-state index in [1.165, 1.54) is 23.1 Å². The predicted octanol–water partition coefficient (Wildman–Crippen LogP) is 9.02. The van der Waals surface area contributed by atoms with E-state index < -0.39 is 11.8 Å². The zero-order valence-electron chi connectivity index (χ0n) is 23.2. The second-order valence-corrected chi connectivity index (χ2v) is 13.0. The van der Waals surface area contributed by atoms with Gasteiger partial charge in [0, 0.05) is 31.6 Å². The third-order valence-electron chi connectivity index (χ3n) is 6.16. The maximum atomic E-state index is 13.3. The van der Waals surface area contributed by atoms with E-state index in [1.807, 2.05) is 41.8 Å². The summed E-state index contributed by atoms with van der Waals surface area (Å²) in [4.78, 5) is 44.0. The highest BCUT2D eigenvalue weighted by molar-refractivity contribution is 9.10. The largest absolute Gasteiger partial charge is 0.321 e. The molecule has 0 atom stereocenters. The number of carbonyl (C=O) groups is 3. The Labute approximate surface area is 286 Å². The molecule has 0 aliphatic heterocycles. The number of nitrogens with zero attached hydrogens (tertiary/aromatic N) is 1. The standard InChI is InChI=1S/C33H23BrCl2N4O3S2/c34-23-9-6-20(7-10-23)16-28(38-31(42)21-4-2-1-3-5-21)32(43)37-24-11-13-25(14-12-24)44-19-30(41)40-33-39-29(18-45-33)22-8-15-26(35)27(36)17-22/h1-18H,19H2,(H,37,43)(H,38,42)(H,39,40,41)/b28-16-. The van der Waals surface area contributed by atoms with Crippen LogP contribution in [0.15, 0.2) is 118 Å². The number of hydrogen-bond donors (Lipinski definition) is 3. The van der Waals surface area contributed by atoms with Crippen LogP contribution < -0.4 is 16.0 Å². The highest BCUT2D eigenvalue weighted by atomic mass is 79.9. The molecule has 226 valence electrons. The first-order valence-corrected chi connectivity index (χ1v) is 16.7. The number of thioether (sulfide) groups is 1. The lowest BCUT2D eigenvalue weighted by atomic mass is 10.1. The van der Waals surface area contributed by atoms with E-state index in [0.717, 1.165) is 20.5 Å². The minimum Gasteiger partial charge on any atom is -0.321 e. The Hall–Kier alpha value is -3.93. The van der Waals surface area contributed by atoms with Crippen LogP contribution in [-0.4, -0.2) is 28.5 Å². The molecule has 0 bridgehead atoms. The average Bonchev–Trinajstić information content (AvgIpc) is 3.51. The smallest absolute Gasteiger partial charge is 0.272 e. The van der Waals surface area contributed by atoms with Gasteiger partial charge in [-0.3, -0.25) is 14.4 Å². The molecule has 1 heterocycles. The molecule has 3 N–H and O–H groups in total. The first-order chi connectivity index (χ1) is 21.7. The van der Waals surface area contributed by atoms with Crippen molar-refractivity contribution in [3.8, 4) is 11.3 Å². The molecule has 0 aliphatic rings. The summed E-state index contributed by atoms with van der Waals surface area (Å²) in [6.07, 6.45) is 1.61. The van der Waals surface area contributed by atoms with Crippen LogP contribution in [-0.2, 0) is 9.59 Å². The van der Waals surface area contributed by atoms with Crippen LogP contribution in [0.3, 0.4) is 0 Å². The quantitative estimate of drug-likeness (QED) is 0.0982. The molecule has 0 fully saturated rings. The van der Waals surface area contributed by atoms with Crippen molar-refractivity contribution in [2.75, 3.05) is 16.4 Å². The molecular weight excluding hydrogens is 715 g/mol. The molecule has 45 heavy (non-hydrogen) atoms. The van der Waals surface area contributed by atoms with Crippen molar-refractivity contribution >= 4 is 96.8 Å². The van der Waals surface area contributed by atoms with Gasteiger partial charge in [0.15, 0.2) is 5.13 Å². The summed E-state index contributed by atoms with van der Waals surface area (Å²) in [7, 11) is 0. The summed E-state index contributed by atoms with van der Waals surface area (Å²) in [5.41, 5.74) is 3.28. The van der Waals surface area contributed by atoms with Gasteiger partial charge in [-0.2, -0.15) is 0 Å². The van der Waals surface area contributed by atoms with Crippen molar-refractivity contribution in [2.45, 2.75) is 4.90 Å². The van der Waals surface area contributed by atoms with Crippen LogP contribution in [0.25, 0.3) is 17.3 Å². The summed E-state index contributed by atoms with van der Waals surface area (Å²) in [5.74, 6) is -0.920. The number of anilines is 2. The van der Waals surface area contributed by atoms with E-state index in [9.17, 15) is 14.4 Å². The van der Waals surface area contributed by atoms with Crippen molar-refractivity contribution in [1.82, 2.24) is 10.3 Å². The number of carbonyl (C=O) groups excluding carboxylic acids is 3. The van der Waals surface area contributed by atoms with Crippen LogP contribution in [0, 0.1) is 0 Å². The van der Waals surface area contributed by atoms with E-state index in [-0.39, 0.29) is 17.4 Å². The van der Waals surface area contributed by atoms with Gasteiger partial charge in [0.05, 0.1) is 21.5 Å². The molecule has 4 aromatic carbocycles. The zero-order valence-corrected chi connectivity index (χ0v) is 28.0. The molecule has 0 saturated carbocycles. The number of nitrogens with one attached hydrogen (secondary N) is 3. The van der Waals surface area contributed by atoms with E-state index in [2.05, 4.69) is 36.9 Å². The first-order valence-electron chi connectivity index (χ1n) is 13.3. The normalized spacial score (nSPS) is 11.1. The van der Waals surface area contributed by atoms with Gasteiger partial charge in [-0.05, 0) is 72.3 Å². The van der Waals surface area contributed by atoms with Gasteiger partial charge >= 0.3 is 0 Å². The number of benzene rings is 4. The molecule has 0 spiro atoms. The maximum Gasteiger partial charge on any atom is 0.272 e. The highest BCUT2D eigenvalue weighted by Gasteiger charge is 2.16. The summed E-state index contributed by atoms with van der Waals surface area (Å²) in [5, 5.41) is 11.6. The Kier molecular flexibility index (Phi) is 11.1.